The van der Waals surface area contributed by atoms with Crippen LogP contribution in [0.25, 0.3) is 89.2 Å². The Kier molecular flexibility index (Phi) is 6.89. The van der Waals surface area contributed by atoms with Crippen LogP contribution >= 0.6 is 15.9 Å². The SMILES string of the molecule is Brc1cc2c3ccccc3n(-c3ccccc3)c2c2c1c1ccccc1n2-c1nc(-c2ccccc2)nc(-c2ccc(-c3ccccc3)cc2)n1. The molecule has 240 valence electrons. The van der Waals surface area contributed by atoms with E-state index in [1.165, 1.54) is 10.9 Å². The summed E-state index contributed by atoms with van der Waals surface area (Å²) < 4.78 is 5.62. The highest BCUT2D eigenvalue weighted by Gasteiger charge is 2.25. The van der Waals surface area contributed by atoms with Crippen molar-refractivity contribution in [2.75, 3.05) is 0 Å². The average molecular weight is 719 g/mol. The summed E-state index contributed by atoms with van der Waals surface area (Å²) >= 11 is 4.03. The summed E-state index contributed by atoms with van der Waals surface area (Å²) in [5.74, 6) is 1.78. The quantitative estimate of drug-likeness (QED) is 0.178. The van der Waals surface area contributed by atoms with Crippen molar-refractivity contribution in [1.82, 2.24) is 24.1 Å². The molecule has 0 aliphatic rings. The van der Waals surface area contributed by atoms with Gasteiger partial charge >= 0.3 is 0 Å². The first-order valence-corrected chi connectivity index (χ1v) is 17.7. The number of rotatable bonds is 5. The molecule has 10 aromatic rings. The van der Waals surface area contributed by atoms with Gasteiger partial charge < -0.3 is 4.57 Å². The van der Waals surface area contributed by atoms with Gasteiger partial charge in [-0.05, 0) is 41.5 Å². The molecular weight excluding hydrogens is 690 g/mol. The molecule has 0 atom stereocenters. The maximum atomic E-state index is 5.28. The molecule has 7 aromatic carbocycles. The summed E-state index contributed by atoms with van der Waals surface area (Å²) in [7, 11) is 0. The van der Waals surface area contributed by atoms with Crippen molar-refractivity contribution < 1.29 is 0 Å². The summed E-state index contributed by atoms with van der Waals surface area (Å²) in [5, 5.41) is 4.54. The van der Waals surface area contributed by atoms with Crippen LogP contribution in [0.15, 0.2) is 174 Å². The van der Waals surface area contributed by atoms with Crippen LogP contribution in [0.5, 0.6) is 0 Å². The Labute approximate surface area is 302 Å². The van der Waals surface area contributed by atoms with Gasteiger partial charge in [-0.2, -0.15) is 9.97 Å². The fourth-order valence-electron chi connectivity index (χ4n) is 7.35. The molecule has 51 heavy (non-hydrogen) atoms. The molecule has 0 saturated heterocycles. The topological polar surface area (TPSA) is 48.5 Å². The van der Waals surface area contributed by atoms with Crippen molar-refractivity contribution >= 4 is 59.5 Å². The Morgan fingerprint density at radius 3 is 1.55 bits per heavy atom. The van der Waals surface area contributed by atoms with E-state index in [0.717, 1.165) is 65.1 Å². The lowest BCUT2D eigenvalue weighted by molar-refractivity contribution is 0.953. The smallest absolute Gasteiger partial charge is 0.238 e. The summed E-state index contributed by atoms with van der Waals surface area (Å²) in [6.07, 6.45) is 0. The van der Waals surface area contributed by atoms with Crippen LogP contribution in [0.1, 0.15) is 0 Å². The van der Waals surface area contributed by atoms with Crippen molar-refractivity contribution in [3.63, 3.8) is 0 Å². The normalized spacial score (nSPS) is 11.6. The highest BCUT2D eigenvalue weighted by Crippen LogP contribution is 2.44. The Balaban J connectivity index is 1.32. The Bertz CT molecular complexity index is 2900. The third-order valence-corrected chi connectivity index (χ3v) is 10.3. The number of hydrogen-bond acceptors (Lipinski definition) is 3. The van der Waals surface area contributed by atoms with Crippen molar-refractivity contribution in [2.45, 2.75) is 0 Å². The molecule has 0 aliphatic heterocycles. The second-order valence-electron chi connectivity index (χ2n) is 12.6. The highest BCUT2D eigenvalue weighted by molar-refractivity contribution is 9.10. The second-order valence-corrected chi connectivity index (χ2v) is 13.5. The monoisotopic (exact) mass is 717 g/mol. The van der Waals surface area contributed by atoms with E-state index in [0.29, 0.717) is 17.6 Å². The van der Waals surface area contributed by atoms with E-state index in [1.54, 1.807) is 0 Å². The fraction of sp³-hybridized carbons (Fsp3) is 0. The van der Waals surface area contributed by atoms with Gasteiger partial charge in [-0.25, -0.2) is 4.98 Å². The molecule has 0 radical (unpaired) electrons. The first-order chi connectivity index (χ1) is 25.2. The van der Waals surface area contributed by atoms with Gasteiger partial charge in [-0.3, -0.25) is 4.57 Å². The predicted molar refractivity (Wildman–Crippen MR) is 213 cm³/mol. The molecule has 5 nitrogen and oxygen atoms in total. The van der Waals surface area contributed by atoms with Gasteiger partial charge in [0.25, 0.3) is 0 Å². The molecule has 0 fully saturated rings. The maximum absolute atomic E-state index is 5.28. The number of benzene rings is 7. The zero-order chi connectivity index (χ0) is 33.9. The van der Waals surface area contributed by atoms with Crippen LogP contribution in [0.4, 0.5) is 0 Å². The van der Waals surface area contributed by atoms with E-state index in [2.05, 4.69) is 171 Å². The van der Waals surface area contributed by atoms with Gasteiger partial charge in [0.1, 0.15) is 0 Å². The van der Waals surface area contributed by atoms with Gasteiger partial charge in [0, 0.05) is 42.8 Å². The molecule has 3 aromatic heterocycles. The third-order valence-electron chi connectivity index (χ3n) is 9.64. The molecule has 0 amide bonds. The van der Waals surface area contributed by atoms with Crippen LogP contribution in [-0.2, 0) is 0 Å². The van der Waals surface area contributed by atoms with E-state index in [-0.39, 0.29) is 0 Å². The minimum Gasteiger partial charge on any atom is -0.307 e. The Morgan fingerprint density at radius 2 is 0.882 bits per heavy atom. The first kappa shape index (κ1) is 29.5. The van der Waals surface area contributed by atoms with Crippen LogP contribution < -0.4 is 0 Å². The third kappa shape index (κ3) is 4.79. The van der Waals surface area contributed by atoms with Crippen LogP contribution in [0, 0.1) is 0 Å². The zero-order valence-electron chi connectivity index (χ0n) is 27.3. The standard InChI is InChI=1S/C45H28BrN5/c46-37-28-36-34-20-10-12-22-38(34)50(33-18-8-3-9-19-33)41(36)42-40(37)35-21-11-13-23-39(35)51(42)45-48-43(31-16-6-2-7-17-31)47-44(49-45)32-26-24-30(25-27-32)29-14-4-1-5-15-29/h1-28H. The molecule has 10 rings (SSSR count). The number of nitrogens with zero attached hydrogens (tertiary/aromatic N) is 5. The van der Waals surface area contributed by atoms with Gasteiger partial charge in [0.2, 0.25) is 5.95 Å². The molecule has 6 heteroatoms. The Morgan fingerprint density at radius 1 is 0.392 bits per heavy atom. The van der Waals surface area contributed by atoms with Gasteiger partial charge in [0.05, 0.1) is 22.1 Å². The predicted octanol–water partition coefficient (Wildman–Crippen LogP) is 11.8. The first-order valence-electron chi connectivity index (χ1n) is 16.9. The van der Waals surface area contributed by atoms with E-state index in [4.69, 9.17) is 15.0 Å². The number of halogens is 1. The second kappa shape index (κ2) is 11.9. The summed E-state index contributed by atoms with van der Waals surface area (Å²) in [4.78, 5) is 15.6. The molecule has 0 spiro atoms. The fourth-order valence-corrected chi connectivity index (χ4v) is 7.99. The number of fused-ring (bicyclic) bond motifs is 7. The number of hydrogen-bond donors (Lipinski definition) is 0. The summed E-state index contributed by atoms with van der Waals surface area (Å²) in [6, 6.07) is 59.0. The van der Waals surface area contributed by atoms with Crippen LogP contribution in [0.2, 0.25) is 0 Å². The lowest BCUT2D eigenvalue weighted by Gasteiger charge is -2.13. The summed E-state index contributed by atoms with van der Waals surface area (Å²) in [5.41, 5.74) is 9.50. The van der Waals surface area contributed by atoms with Crippen molar-refractivity contribution in [1.29, 1.82) is 0 Å². The molecule has 0 saturated carbocycles. The largest absolute Gasteiger partial charge is 0.307 e. The molecule has 3 heterocycles. The lowest BCUT2D eigenvalue weighted by atomic mass is 10.0. The average Bonchev–Trinajstić information content (AvgIpc) is 3.72. The van der Waals surface area contributed by atoms with Gasteiger partial charge in [-0.15, -0.1) is 0 Å². The molecular formula is C45H28BrN5. The number of aromatic nitrogens is 5. The Hall–Kier alpha value is -6.37. The minimum absolute atomic E-state index is 0.557. The molecule has 0 N–H and O–H groups in total. The van der Waals surface area contributed by atoms with E-state index < -0.39 is 0 Å². The van der Waals surface area contributed by atoms with Gasteiger partial charge in [-0.1, -0.05) is 155 Å². The number of para-hydroxylation sites is 3. The van der Waals surface area contributed by atoms with Crippen molar-refractivity contribution in [3.05, 3.63) is 174 Å². The molecule has 0 bridgehead atoms. The molecule has 0 unspecified atom stereocenters. The van der Waals surface area contributed by atoms with E-state index in [1.807, 2.05) is 24.3 Å². The van der Waals surface area contributed by atoms with Crippen molar-refractivity contribution in [2.24, 2.45) is 0 Å². The highest BCUT2D eigenvalue weighted by atomic mass is 79.9. The van der Waals surface area contributed by atoms with Crippen LogP contribution in [0.3, 0.4) is 0 Å². The lowest BCUT2D eigenvalue weighted by Crippen LogP contribution is -2.07. The zero-order valence-corrected chi connectivity index (χ0v) is 28.9. The van der Waals surface area contributed by atoms with Crippen LogP contribution in [-0.4, -0.2) is 24.1 Å². The van der Waals surface area contributed by atoms with Gasteiger partial charge in [0.15, 0.2) is 11.6 Å². The minimum atomic E-state index is 0.557. The molecule has 0 aliphatic carbocycles. The van der Waals surface area contributed by atoms with E-state index in [9.17, 15) is 0 Å². The maximum Gasteiger partial charge on any atom is 0.238 e. The van der Waals surface area contributed by atoms with E-state index >= 15 is 0 Å². The summed E-state index contributed by atoms with van der Waals surface area (Å²) in [6.45, 7) is 0. The van der Waals surface area contributed by atoms with Crippen molar-refractivity contribution in [3.8, 4) is 45.5 Å².